The van der Waals surface area contributed by atoms with Crippen molar-refractivity contribution in [2.45, 2.75) is 32.9 Å². The maximum atomic E-state index is 11.9. The molecule has 6 heteroatoms. The lowest BCUT2D eigenvalue weighted by atomic mass is 10.0. The summed E-state index contributed by atoms with van der Waals surface area (Å²) in [6, 6.07) is 7.57. The monoisotopic (exact) mass is 294 g/mol. The third-order valence-electron chi connectivity index (χ3n) is 2.90. The van der Waals surface area contributed by atoms with Crippen LogP contribution >= 0.6 is 0 Å². The molecular formula is C15H22N2O4. The molecule has 21 heavy (non-hydrogen) atoms. The molecule has 0 bridgehead atoms. The lowest BCUT2D eigenvalue weighted by Crippen LogP contribution is -2.47. The minimum Gasteiger partial charge on any atom is -0.467 e. The van der Waals surface area contributed by atoms with Crippen molar-refractivity contribution in [3.8, 4) is 0 Å². The smallest absolute Gasteiger partial charge is 0.342 e. The zero-order valence-electron chi connectivity index (χ0n) is 12.6. The summed E-state index contributed by atoms with van der Waals surface area (Å²) in [5.41, 5.74) is 0.786. The highest BCUT2D eigenvalue weighted by Crippen LogP contribution is 2.08. The summed E-state index contributed by atoms with van der Waals surface area (Å²) in [5, 5.41) is 12.8. The number of rotatable bonds is 6. The SMILES string of the molecule is COC(=O)[C@H](CC(C)C)NC(=O)N(O)Cc1ccccc1. The van der Waals surface area contributed by atoms with Gasteiger partial charge in [-0.25, -0.2) is 14.7 Å². The van der Waals surface area contributed by atoms with Gasteiger partial charge in [0.25, 0.3) is 0 Å². The molecule has 0 aliphatic rings. The van der Waals surface area contributed by atoms with Crippen molar-refractivity contribution in [2.24, 2.45) is 5.92 Å². The molecule has 1 rings (SSSR count). The Hall–Kier alpha value is -2.08. The van der Waals surface area contributed by atoms with E-state index in [1.807, 2.05) is 32.0 Å². The number of carbonyl (C=O) groups is 2. The van der Waals surface area contributed by atoms with Crippen LogP contribution < -0.4 is 5.32 Å². The summed E-state index contributed by atoms with van der Waals surface area (Å²) in [6.45, 7) is 3.91. The number of nitrogens with one attached hydrogen (secondary N) is 1. The number of carbonyl (C=O) groups excluding carboxylic acids is 2. The molecule has 0 saturated heterocycles. The standard InChI is InChI=1S/C15H22N2O4/c1-11(2)9-13(14(18)21-3)16-15(19)17(20)10-12-7-5-4-6-8-12/h4-8,11,13,20H,9-10H2,1-3H3,(H,16,19)/t13-/m0/s1. The molecule has 0 spiro atoms. The van der Waals surface area contributed by atoms with E-state index in [0.29, 0.717) is 11.5 Å². The Morgan fingerprint density at radius 1 is 1.29 bits per heavy atom. The van der Waals surface area contributed by atoms with Gasteiger partial charge in [0, 0.05) is 0 Å². The van der Waals surface area contributed by atoms with Crippen LogP contribution in [0.25, 0.3) is 0 Å². The number of hydrogen-bond acceptors (Lipinski definition) is 4. The van der Waals surface area contributed by atoms with Gasteiger partial charge in [-0.3, -0.25) is 5.21 Å². The zero-order valence-corrected chi connectivity index (χ0v) is 12.6. The van der Waals surface area contributed by atoms with Crippen molar-refractivity contribution in [1.82, 2.24) is 10.4 Å². The van der Waals surface area contributed by atoms with Crippen molar-refractivity contribution >= 4 is 12.0 Å². The molecule has 1 aromatic carbocycles. The fraction of sp³-hybridized carbons (Fsp3) is 0.467. The van der Waals surface area contributed by atoms with E-state index in [-0.39, 0.29) is 12.5 Å². The summed E-state index contributed by atoms with van der Waals surface area (Å²) in [4.78, 5) is 23.5. The number of hydrogen-bond donors (Lipinski definition) is 2. The first-order valence-electron chi connectivity index (χ1n) is 6.82. The number of benzene rings is 1. The summed E-state index contributed by atoms with van der Waals surface area (Å²) < 4.78 is 4.66. The summed E-state index contributed by atoms with van der Waals surface area (Å²) in [6.07, 6.45) is 0.442. The number of nitrogens with zero attached hydrogens (tertiary/aromatic N) is 1. The van der Waals surface area contributed by atoms with Gasteiger partial charge in [-0.15, -0.1) is 0 Å². The first kappa shape index (κ1) is 17.0. The van der Waals surface area contributed by atoms with Gasteiger partial charge >= 0.3 is 12.0 Å². The van der Waals surface area contributed by atoms with Gasteiger partial charge in [0.1, 0.15) is 6.04 Å². The van der Waals surface area contributed by atoms with E-state index < -0.39 is 18.0 Å². The maximum absolute atomic E-state index is 11.9. The van der Waals surface area contributed by atoms with E-state index in [2.05, 4.69) is 10.1 Å². The molecule has 2 amide bonds. The zero-order chi connectivity index (χ0) is 15.8. The molecule has 2 N–H and O–H groups in total. The van der Waals surface area contributed by atoms with Crippen LogP contribution in [0.15, 0.2) is 30.3 Å². The number of amides is 2. The van der Waals surface area contributed by atoms with Gasteiger partial charge in [0.05, 0.1) is 13.7 Å². The molecule has 6 nitrogen and oxygen atoms in total. The van der Waals surface area contributed by atoms with Crippen LogP contribution in [-0.2, 0) is 16.1 Å². The predicted molar refractivity (Wildman–Crippen MR) is 77.6 cm³/mol. The number of methoxy groups -OCH3 is 1. The van der Waals surface area contributed by atoms with E-state index in [1.54, 1.807) is 12.1 Å². The minimum atomic E-state index is -0.770. The first-order valence-corrected chi connectivity index (χ1v) is 6.82. The second kappa shape index (κ2) is 8.26. The lowest BCUT2D eigenvalue weighted by Gasteiger charge is -2.22. The molecule has 1 atom stereocenters. The Labute approximate surface area is 124 Å². The second-order valence-electron chi connectivity index (χ2n) is 5.20. The highest BCUT2D eigenvalue weighted by molar-refractivity contribution is 5.83. The highest BCUT2D eigenvalue weighted by atomic mass is 16.5. The second-order valence-corrected chi connectivity index (χ2v) is 5.20. The van der Waals surface area contributed by atoms with Crippen LogP contribution in [0.3, 0.4) is 0 Å². The largest absolute Gasteiger partial charge is 0.467 e. The van der Waals surface area contributed by atoms with Crippen LogP contribution in [0.4, 0.5) is 4.79 Å². The maximum Gasteiger partial charge on any atom is 0.342 e. The summed E-state index contributed by atoms with van der Waals surface area (Å²) >= 11 is 0. The third-order valence-corrected chi connectivity index (χ3v) is 2.90. The van der Waals surface area contributed by atoms with Crippen molar-refractivity contribution in [1.29, 1.82) is 0 Å². The molecule has 0 aliphatic carbocycles. The van der Waals surface area contributed by atoms with Crippen LogP contribution in [0.2, 0.25) is 0 Å². The Bertz CT molecular complexity index is 462. The molecule has 0 heterocycles. The third kappa shape index (κ3) is 5.83. The Kier molecular flexibility index (Phi) is 6.68. The normalized spacial score (nSPS) is 11.9. The van der Waals surface area contributed by atoms with Crippen LogP contribution in [0.1, 0.15) is 25.8 Å². The highest BCUT2D eigenvalue weighted by Gasteiger charge is 2.24. The van der Waals surface area contributed by atoms with Crippen LogP contribution in [0.5, 0.6) is 0 Å². The van der Waals surface area contributed by atoms with E-state index in [0.717, 1.165) is 5.56 Å². The quantitative estimate of drug-likeness (QED) is 0.479. The van der Waals surface area contributed by atoms with Gasteiger partial charge in [0.15, 0.2) is 0 Å². The fourth-order valence-corrected chi connectivity index (χ4v) is 1.88. The predicted octanol–water partition coefficient (Wildman–Crippen LogP) is 2.18. The molecule has 0 fully saturated rings. The van der Waals surface area contributed by atoms with Crippen molar-refractivity contribution in [3.63, 3.8) is 0 Å². The van der Waals surface area contributed by atoms with Crippen molar-refractivity contribution < 1.29 is 19.5 Å². The summed E-state index contributed by atoms with van der Waals surface area (Å²) in [7, 11) is 1.27. The molecule has 0 saturated carbocycles. The molecular weight excluding hydrogens is 272 g/mol. The van der Waals surface area contributed by atoms with Gasteiger partial charge in [0.2, 0.25) is 0 Å². The Morgan fingerprint density at radius 3 is 2.43 bits per heavy atom. The van der Waals surface area contributed by atoms with E-state index in [1.165, 1.54) is 7.11 Å². The molecule has 0 aromatic heterocycles. The van der Waals surface area contributed by atoms with Gasteiger partial charge in [-0.05, 0) is 17.9 Å². The number of ether oxygens (including phenoxy) is 1. The lowest BCUT2D eigenvalue weighted by molar-refractivity contribution is -0.143. The Balaban J connectivity index is 2.61. The van der Waals surface area contributed by atoms with Crippen molar-refractivity contribution in [2.75, 3.05) is 7.11 Å². The van der Waals surface area contributed by atoms with Gasteiger partial charge in [-0.2, -0.15) is 0 Å². The summed E-state index contributed by atoms with van der Waals surface area (Å²) in [5.74, 6) is -0.319. The molecule has 0 radical (unpaired) electrons. The van der Waals surface area contributed by atoms with Gasteiger partial charge < -0.3 is 10.1 Å². The molecule has 0 aliphatic heterocycles. The van der Waals surface area contributed by atoms with E-state index >= 15 is 0 Å². The number of urea groups is 1. The number of esters is 1. The molecule has 1 aromatic rings. The van der Waals surface area contributed by atoms with Crippen LogP contribution in [-0.4, -0.2) is 35.4 Å². The van der Waals surface area contributed by atoms with Crippen LogP contribution in [0, 0.1) is 5.92 Å². The minimum absolute atomic E-state index is 0.0439. The first-order chi connectivity index (χ1) is 9.93. The average molecular weight is 294 g/mol. The molecule has 116 valence electrons. The Morgan fingerprint density at radius 2 is 1.90 bits per heavy atom. The van der Waals surface area contributed by atoms with Crippen molar-refractivity contribution in [3.05, 3.63) is 35.9 Å². The fourth-order valence-electron chi connectivity index (χ4n) is 1.88. The van der Waals surface area contributed by atoms with E-state index in [9.17, 15) is 14.8 Å². The molecule has 0 unspecified atom stereocenters. The van der Waals surface area contributed by atoms with Gasteiger partial charge in [-0.1, -0.05) is 44.2 Å². The number of hydroxylamine groups is 2. The van der Waals surface area contributed by atoms with E-state index in [4.69, 9.17) is 0 Å². The average Bonchev–Trinajstić information content (AvgIpc) is 2.46. The topological polar surface area (TPSA) is 78.9 Å².